The highest BCUT2D eigenvalue weighted by Crippen LogP contribution is 2.31. The number of anilines is 1. The van der Waals surface area contributed by atoms with Crippen molar-refractivity contribution < 1.29 is 31.9 Å². The third kappa shape index (κ3) is 4.08. The Bertz CT molecular complexity index is 982. The lowest BCUT2D eigenvalue weighted by Crippen LogP contribution is -2.13. The SMILES string of the molecule is COc1ccc(C(=O)Nc2nc(-c3ccc(C(F)(F)F)cc3)co2)c(OC)c1. The number of hydrogen-bond donors (Lipinski definition) is 1. The van der Waals surface area contributed by atoms with E-state index in [9.17, 15) is 18.0 Å². The van der Waals surface area contributed by atoms with Gasteiger partial charge in [-0.15, -0.1) is 0 Å². The highest BCUT2D eigenvalue weighted by atomic mass is 19.4. The number of nitrogens with zero attached hydrogens (tertiary/aromatic N) is 1. The Kier molecular flexibility index (Phi) is 5.25. The topological polar surface area (TPSA) is 73.6 Å². The van der Waals surface area contributed by atoms with Crippen LogP contribution < -0.4 is 14.8 Å². The molecule has 3 rings (SSSR count). The standard InChI is InChI=1S/C19H15F3N2O4/c1-26-13-7-8-14(16(9-13)27-2)17(25)24-18-23-15(10-28-18)11-3-5-12(6-4-11)19(20,21)22/h3-10H,1-2H3,(H,23,24,25). The molecule has 0 radical (unpaired) electrons. The largest absolute Gasteiger partial charge is 0.497 e. The summed E-state index contributed by atoms with van der Waals surface area (Å²) in [6.07, 6.45) is -3.18. The predicted octanol–water partition coefficient (Wildman–Crippen LogP) is 4.63. The fourth-order valence-corrected chi connectivity index (χ4v) is 2.44. The second kappa shape index (κ2) is 7.63. The molecule has 0 aliphatic heterocycles. The van der Waals surface area contributed by atoms with Crippen LogP contribution >= 0.6 is 0 Å². The zero-order chi connectivity index (χ0) is 20.3. The third-order valence-electron chi connectivity index (χ3n) is 3.89. The van der Waals surface area contributed by atoms with Gasteiger partial charge in [0.2, 0.25) is 0 Å². The van der Waals surface area contributed by atoms with E-state index < -0.39 is 17.6 Å². The van der Waals surface area contributed by atoms with E-state index in [-0.39, 0.29) is 17.3 Å². The van der Waals surface area contributed by atoms with Crippen molar-refractivity contribution in [1.82, 2.24) is 4.98 Å². The number of rotatable bonds is 5. The molecule has 1 amide bonds. The highest BCUT2D eigenvalue weighted by molar-refractivity contribution is 6.05. The molecule has 0 fully saturated rings. The molecule has 0 atom stereocenters. The van der Waals surface area contributed by atoms with Gasteiger partial charge in [0.05, 0.1) is 25.3 Å². The number of oxazole rings is 1. The molecule has 0 aliphatic carbocycles. The molecule has 2 aromatic carbocycles. The molecule has 1 heterocycles. The molecule has 9 heteroatoms. The third-order valence-corrected chi connectivity index (χ3v) is 3.89. The second-order valence-corrected chi connectivity index (χ2v) is 5.63. The zero-order valence-corrected chi connectivity index (χ0v) is 14.8. The van der Waals surface area contributed by atoms with E-state index in [0.29, 0.717) is 17.1 Å². The van der Waals surface area contributed by atoms with E-state index >= 15 is 0 Å². The van der Waals surface area contributed by atoms with Crippen LogP contribution in [0.1, 0.15) is 15.9 Å². The van der Waals surface area contributed by atoms with Gasteiger partial charge in [0.25, 0.3) is 5.91 Å². The van der Waals surface area contributed by atoms with Crippen LogP contribution in [0.15, 0.2) is 53.1 Å². The summed E-state index contributed by atoms with van der Waals surface area (Å²) < 4.78 is 53.4. The smallest absolute Gasteiger partial charge is 0.416 e. The summed E-state index contributed by atoms with van der Waals surface area (Å²) in [6.45, 7) is 0. The monoisotopic (exact) mass is 392 g/mol. The lowest BCUT2D eigenvalue weighted by molar-refractivity contribution is -0.137. The summed E-state index contributed by atoms with van der Waals surface area (Å²) in [5.74, 6) is 0.292. The van der Waals surface area contributed by atoms with Gasteiger partial charge in [-0.3, -0.25) is 10.1 Å². The van der Waals surface area contributed by atoms with E-state index in [0.717, 1.165) is 12.1 Å². The minimum atomic E-state index is -4.42. The van der Waals surface area contributed by atoms with Crippen molar-refractivity contribution in [3.8, 4) is 22.8 Å². The average molecular weight is 392 g/mol. The van der Waals surface area contributed by atoms with Crippen molar-refractivity contribution in [2.24, 2.45) is 0 Å². The fourth-order valence-electron chi connectivity index (χ4n) is 2.44. The first-order chi connectivity index (χ1) is 13.3. The summed E-state index contributed by atoms with van der Waals surface area (Å²) in [6, 6.07) is 9.02. The number of ether oxygens (including phenoxy) is 2. The second-order valence-electron chi connectivity index (χ2n) is 5.63. The molecular formula is C19H15F3N2O4. The van der Waals surface area contributed by atoms with Gasteiger partial charge in [0, 0.05) is 11.6 Å². The number of carbonyl (C=O) groups excluding carboxylic acids is 1. The van der Waals surface area contributed by atoms with E-state index in [1.165, 1.54) is 38.7 Å². The Morgan fingerprint density at radius 3 is 2.39 bits per heavy atom. The van der Waals surface area contributed by atoms with Gasteiger partial charge >= 0.3 is 12.2 Å². The Morgan fingerprint density at radius 1 is 1.07 bits per heavy atom. The van der Waals surface area contributed by atoms with Crippen LogP contribution in [0.3, 0.4) is 0 Å². The van der Waals surface area contributed by atoms with Gasteiger partial charge in [-0.05, 0) is 24.3 Å². The maximum atomic E-state index is 12.6. The molecule has 0 aliphatic rings. The number of benzene rings is 2. The molecule has 0 saturated carbocycles. The average Bonchev–Trinajstić information content (AvgIpc) is 3.15. The fraction of sp³-hybridized carbons (Fsp3) is 0.158. The maximum absolute atomic E-state index is 12.6. The first kappa shape index (κ1) is 19.3. The molecule has 1 N–H and O–H groups in total. The summed E-state index contributed by atoms with van der Waals surface area (Å²) >= 11 is 0. The van der Waals surface area contributed by atoms with E-state index in [2.05, 4.69) is 10.3 Å². The molecule has 146 valence electrons. The number of aromatic nitrogens is 1. The van der Waals surface area contributed by atoms with Crippen molar-refractivity contribution in [3.63, 3.8) is 0 Å². The normalized spacial score (nSPS) is 11.2. The Balaban J connectivity index is 1.77. The Hall–Kier alpha value is -3.49. The lowest BCUT2D eigenvalue weighted by Gasteiger charge is -2.09. The van der Waals surface area contributed by atoms with Crippen molar-refractivity contribution in [3.05, 3.63) is 59.9 Å². The van der Waals surface area contributed by atoms with Gasteiger partial charge < -0.3 is 13.9 Å². The van der Waals surface area contributed by atoms with E-state index in [1.807, 2.05) is 0 Å². The van der Waals surface area contributed by atoms with Crippen molar-refractivity contribution in [1.29, 1.82) is 0 Å². The maximum Gasteiger partial charge on any atom is 0.416 e. The summed E-state index contributed by atoms with van der Waals surface area (Å²) in [5, 5.41) is 2.48. The molecular weight excluding hydrogens is 377 g/mol. The van der Waals surface area contributed by atoms with Gasteiger partial charge in [-0.2, -0.15) is 18.2 Å². The molecule has 1 aromatic heterocycles. The summed E-state index contributed by atoms with van der Waals surface area (Å²) in [4.78, 5) is 16.5. The van der Waals surface area contributed by atoms with Gasteiger partial charge in [0.15, 0.2) is 0 Å². The van der Waals surface area contributed by atoms with Crippen LogP contribution in [0.4, 0.5) is 19.2 Å². The number of halogens is 3. The number of carbonyl (C=O) groups is 1. The molecule has 0 spiro atoms. The molecule has 0 bridgehead atoms. The van der Waals surface area contributed by atoms with Gasteiger partial charge in [0.1, 0.15) is 23.5 Å². The van der Waals surface area contributed by atoms with Crippen LogP contribution in [0, 0.1) is 0 Å². The Labute approximate surface area is 157 Å². The molecule has 3 aromatic rings. The van der Waals surface area contributed by atoms with Gasteiger partial charge in [-0.1, -0.05) is 12.1 Å². The van der Waals surface area contributed by atoms with Crippen LogP contribution in [-0.4, -0.2) is 25.1 Å². The molecule has 6 nitrogen and oxygen atoms in total. The molecule has 0 saturated heterocycles. The number of methoxy groups -OCH3 is 2. The number of amides is 1. The lowest BCUT2D eigenvalue weighted by atomic mass is 10.1. The van der Waals surface area contributed by atoms with Crippen molar-refractivity contribution >= 4 is 11.9 Å². The molecule has 28 heavy (non-hydrogen) atoms. The minimum absolute atomic E-state index is 0.0993. The number of hydrogen-bond acceptors (Lipinski definition) is 5. The first-order valence-corrected chi connectivity index (χ1v) is 7.98. The predicted molar refractivity (Wildman–Crippen MR) is 94.4 cm³/mol. The van der Waals surface area contributed by atoms with Crippen molar-refractivity contribution in [2.45, 2.75) is 6.18 Å². The zero-order valence-electron chi connectivity index (χ0n) is 14.8. The quantitative estimate of drug-likeness (QED) is 0.685. The summed E-state index contributed by atoms with van der Waals surface area (Å²) in [7, 11) is 2.91. The highest BCUT2D eigenvalue weighted by Gasteiger charge is 2.30. The number of nitrogens with one attached hydrogen (secondary N) is 1. The van der Waals surface area contributed by atoms with Crippen molar-refractivity contribution in [2.75, 3.05) is 19.5 Å². The Morgan fingerprint density at radius 2 is 1.79 bits per heavy atom. The minimum Gasteiger partial charge on any atom is -0.497 e. The van der Waals surface area contributed by atoms with Gasteiger partial charge in [-0.25, -0.2) is 0 Å². The van der Waals surface area contributed by atoms with Crippen LogP contribution in [0.5, 0.6) is 11.5 Å². The van der Waals surface area contributed by atoms with Crippen LogP contribution in [0.2, 0.25) is 0 Å². The van der Waals surface area contributed by atoms with Crippen LogP contribution in [0.25, 0.3) is 11.3 Å². The van der Waals surface area contributed by atoms with E-state index in [4.69, 9.17) is 13.9 Å². The molecule has 0 unspecified atom stereocenters. The number of alkyl halides is 3. The first-order valence-electron chi connectivity index (χ1n) is 7.98. The van der Waals surface area contributed by atoms with Crippen LogP contribution in [-0.2, 0) is 6.18 Å². The van der Waals surface area contributed by atoms with E-state index in [1.54, 1.807) is 12.1 Å². The summed E-state index contributed by atoms with van der Waals surface area (Å²) in [5.41, 5.74) is 0.169.